The molecule has 0 bridgehead atoms. The van der Waals surface area contributed by atoms with Gasteiger partial charge < -0.3 is 4.74 Å². The van der Waals surface area contributed by atoms with Crippen molar-refractivity contribution in [3.8, 4) is 0 Å². The minimum atomic E-state index is -0.628. The molecular formula is C14H12FNO3S. The summed E-state index contributed by atoms with van der Waals surface area (Å²) in [4.78, 5) is 27.5. The Balaban J connectivity index is 2.31. The molecule has 0 fully saturated rings. The Morgan fingerprint density at radius 3 is 2.50 bits per heavy atom. The molecule has 0 aliphatic heterocycles. The van der Waals surface area contributed by atoms with Gasteiger partial charge in [-0.1, -0.05) is 12.1 Å². The maximum absolute atomic E-state index is 12.8. The van der Waals surface area contributed by atoms with E-state index in [1.165, 1.54) is 26.2 Å². The summed E-state index contributed by atoms with van der Waals surface area (Å²) in [6, 6.07) is 6.00. The molecule has 20 heavy (non-hydrogen) atoms. The molecule has 4 nitrogen and oxygen atoms in total. The molecule has 104 valence electrons. The predicted molar refractivity (Wildman–Crippen MR) is 72.7 cm³/mol. The fourth-order valence-electron chi connectivity index (χ4n) is 1.69. The molecule has 1 aromatic heterocycles. The minimum absolute atomic E-state index is 0.0436. The molecule has 0 aliphatic carbocycles. The first kappa shape index (κ1) is 14.3. The van der Waals surface area contributed by atoms with Gasteiger partial charge in [0, 0.05) is 13.3 Å². The Bertz CT molecular complexity index is 649. The standard InChI is InChI=1S/C14H12FNO3S/c1-8(17)13-12(14(18)19-2)16-11(20-13)7-9-3-5-10(15)6-4-9/h3-6H,7H2,1-2H3. The molecule has 0 aliphatic rings. The number of nitrogens with zero attached hydrogens (tertiary/aromatic N) is 1. The van der Waals surface area contributed by atoms with Crippen molar-refractivity contribution in [1.29, 1.82) is 0 Å². The summed E-state index contributed by atoms with van der Waals surface area (Å²) in [5, 5.41) is 0.613. The van der Waals surface area contributed by atoms with Gasteiger partial charge in [0.1, 0.15) is 10.7 Å². The van der Waals surface area contributed by atoms with Gasteiger partial charge in [-0.2, -0.15) is 0 Å². The summed E-state index contributed by atoms with van der Waals surface area (Å²) in [6.07, 6.45) is 0.433. The lowest BCUT2D eigenvalue weighted by atomic mass is 10.1. The third-order valence-corrected chi connectivity index (χ3v) is 3.79. The number of ether oxygens (including phenoxy) is 1. The van der Waals surface area contributed by atoms with E-state index in [9.17, 15) is 14.0 Å². The lowest BCUT2D eigenvalue weighted by molar-refractivity contribution is 0.0591. The third-order valence-electron chi connectivity index (χ3n) is 2.64. The molecule has 0 atom stereocenters. The first-order valence-electron chi connectivity index (χ1n) is 5.84. The van der Waals surface area contributed by atoms with Gasteiger partial charge in [0.15, 0.2) is 11.5 Å². The van der Waals surface area contributed by atoms with Gasteiger partial charge in [-0.05, 0) is 17.7 Å². The zero-order valence-electron chi connectivity index (χ0n) is 11.0. The highest BCUT2D eigenvalue weighted by Crippen LogP contribution is 2.22. The summed E-state index contributed by atoms with van der Waals surface area (Å²) in [6.45, 7) is 1.38. The van der Waals surface area contributed by atoms with Gasteiger partial charge in [-0.15, -0.1) is 11.3 Å². The van der Waals surface area contributed by atoms with Gasteiger partial charge in [0.05, 0.1) is 12.1 Å². The number of halogens is 1. The minimum Gasteiger partial charge on any atom is -0.464 e. The number of hydrogen-bond acceptors (Lipinski definition) is 5. The third kappa shape index (κ3) is 3.08. The first-order chi connectivity index (χ1) is 9.51. The lowest BCUT2D eigenvalue weighted by Crippen LogP contribution is -2.07. The topological polar surface area (TPSA) is 56.3 Å². The van der Waals surface area contributed by atoms with Crippen LogP contribution >= 0.6 is 11.3 Å². The largest absolute Gasteiger partial charge is 0.464 e. The first-order valence-corrected chi connectivity index (χ1v) is 6.66. The average Bonchev–Trinajstić information content (AvgIpc) is 2.84. The molecule has 1 heterocycles. The average molecular weight is 293 g/mol. The number of thiazole rings is 1. The van der Waals surface area contributed by atoms with E-state index in [4.69, 9.17) is 0 Å². The van der Waals surface area contributed by atoms with E-state index in [0.29, 0.717) is 11.4 Å². The van der Waals surface area contributed by atoms with Crippen molar-refractivity contribution >= 4 is 23.1 Å². The van der Waals surface area contributed by atoms with Gasteiger partial charge in [0.2, 0.25) is 0 Å². The SMILES string of the molecule is COC(=O)c1nc(Cc2ccc(F)cc2)sc1C(C)=O. The highest BCUT2D eigenvalue weighted by Gasteiger charge is 2.21. The number of aromatic nitrogens is 1. The van der Waals surface area contributed by atoms with Crippen LogP contribution < -0.4 is 0 Å². The monoisotopic (exact) mass is 293 g/mol. The summed E-state index contributed by atoms with van der Waals surface area (Å²) in [7, 11) is 1.24. The van der Waals surface area contributed by atoms with Crippen molar-refractivity contribution in [2.24, 2.45) is 0 Å². The van der Waals surface area contributed by atoms with E-state index < -0.39 is 5.97 Å². The van der Waals surface area contributed by atoms with Crippen molar-refractivity contribution in [1.82, 2.24) is 4.98 Å². The van der Waals surface area contributed by atoms with Gasteiger partial charge in [-0.25, -0.2) is 14.2 Å². The second kappa shape index (κ2) is 5.92. The van der Waals surface area contributed by atoms with Crippen LogP contribution in [-0.2, 0) is 11.2 Å². The maximum Gasteiger partial charge on any atom is 0.358 e. The van der Waals surface area contributed by atoms with Crippen LogP contribution in [-0.4, -0.2) is 23.8 Å². The fourth-order valence-corrected chi connectivity index (χ4v) is 2.67. The Kier molecular flexibility index (Phi) is 4.24. The molecule has 0 saturated heterocycles. The smallest absolute Gasteiger partial charge is 0.358 e. The van der Waals surface area contributed by atoms with Crippen LogP contribution in [0.1, 0.15) is 37.7 Å². The Hall–Kier alpha value is -2.08. The molecular weight excluding hydrogens is 281 g/mol. The summed E-state index contributed by atoms with van der Waals surface area (Å²) >= 11 is 1.16. The quantitative estimate of drug-likeness (QED) is 0.642. The Morgan fingerprint density at radius 1 is 1.30 bits per heavy atom. The van der Waals surface area contributed by atoms with Crippen LogP contribution in [0.25, 0.3) is 0 Å². The van der Waals surface area contributed by atoms with E-state index in [1.54, 1.807) is 12.1 Å². The van der Waals surface area contributed by atoms with Crippen LogP contribution in [0.4, 0.5) is 4.39 Å². The normalized spacial score (nSPS) is 10.3. The number of esters is 1. The Labute approximate surface area is 119 Å². The summed E-state index contributed by atoms with van der Waals surface area (Å²) in [5.41, 5.74) is 0.897. The van der Waals surface area contributed by atoms with E-state index >= 15 is 0 Å². The second-order valence-electron chi connectivity index (χ2n) is 4.14. The fraction of sp³-hybridized carbons (Fsp3) is 0.214. The number of Topliss-reactive ketones (excluding diaryl/α,β-unsaturated/α-hetero) is 1. The maximum atomic E-state index is 12.8. The molecule has 0 radical (unpaired) electrons. The number of hydrogen-bond donors (Lipinski definition) is 0. The number of carbonyl (C=O) groups is 2. The number of benzene rings is 1. The molecule has 0 saturated carbocycles. The van der Waals surface area contributed by atoms with Gasteiger partial charge in [0.25, 0.3) is 0 Å². The van der Waals surface area contributed by atoms with Crippen molar-refractivity contribution in [3.63, 3.8) is 0 Å². The van der Waals surface area contributed by atoms with E-state index in [1.807, 2.05) is 0 Å². The van der Waals surface area contributed by atoms with Crippen molar-refractivity contribution in [2.75, 3.05) is 7.11 Å². The van der Waals surface area contributed by atoms with E-state index in [-0.39, 0.29) is 22.2 Å². The molecule has 0 spiro atoms. The van der Waals surface area contributed by atoms with Crippen molar-refractivity contribution in [3.05, 3.63) is 51.2 Å². The summed E-state index contributed by atoms with van der Waals surface area (Å²) in [5.74, 6) is -1.17. The zero-order chi connectivity index (χ0) is 14.7. The number of methoxy groups -OCH3 is 1. The predicted octanol–water partition coefficient (Wildman–Crippen LogP) is 2.86. The van der Waals surface area contributed by atoms with Crippen LogP contribution in [0.3, 0.4) is 0 Å². The van der Waals surface area contributed by atoms with Gasteiger partial charge in [-0.3, -0.25) is 4.79 Å². The van der Waals surface area contributed by atoms with Crippen LogP contribution in [0.15, 0.2) is 24.3 Å². The van der Waals surface area contributed by atoms with E-state index in [2.05, 4.69) is 9.72 Å². The van der Waals surface area contributed by atoms with Gasteiger partial charge >= 0.3 is 5.97 Å². The molecule has 1 aromatic carbocycles. The molecule has 0 unspecified atom stereocenters. The Morgan fingerprint density at radius 2 is 1.95 bits per heavy atom. The highest BCUT2D eigenvalue weighted by molar-refractivity contribution is 7.14. The van der Waals surface area contributed by atoms with Crippen LogP contribution in [0, 0.1) is 5.82 Å². The second-order valence-corrected chi connectivity index (χ2v) is 5.22. The lowest BCUT2D eigenvalue weighted by Gasteiger charge is -1.97. The van der Waals surface area contributed by atoms with Crippen molar-refractivity contribution < 1.29 is 18.7 Å². The number of carbonyl (C=O) groups excluding carboxylic acids is 2. The van der Waals surface area contributed by atoms with Crippen LogP contribution in [0.5, 0.6) is 0 Å². The van der Waals surface area contributed by atoms with Crippen molar-refractivity contribution in [2.45, 2.75) is 13.3 Å². The zero-order valence-corrected chi connectivity index (χ0v) is 11.8. The number of ketones is 1. The molecule has 2 rings (SSSR count). The number of rotatable bonds is 4. The summed E-state index contributed by atoms with van der Waals surface area (Å²) < 4.78 is 17.4. The molecule has 0 N–H and O–H groups in total. The molecule has 6 heteroatoms. The molecule has 0 amide bonds. The highest BCUT2D eigenvalue weighted by atomic mass is 32.1. The van der Waals surface area contributed by atoms with Crippen LogP contribution in [0.2, 0.25) is 0 Å². The van der Waals surface area contributed by atoms with E-state index in [0.717, 1.165) is 16.9 Å². The molecule has 2 aromatic rings.